The van der Waals surface area contributed by atoms with Gasteiger partial charge in [-0.1, -0.05) is 19.8 Å². The summed E-state index contributed by atoms with van der Waals surface area (Å²) >= 11 is 0. The molecule has 0 bridgehead atoms. The summed E-state index contributed by atoms with van der Waals surface area (Å²) < 4.78 is 0. The van der Waals surface area contributed by atoms with Crippen LogP contribution in [0.1, 0.15) is 26.2 Å². The highest BCUT2D eigenvalue weighted by molar-refractivity contribution is 5.85. The van der Waals surface area contributed by atoms with Crippen molar-refractivity contribution in [3.05, 3.63) is 0 Å². The molecule has 1 heterocycles. The van der Waals surface area contributed by atoms with Crippen molar-refractivity contribution in [1.82, 2.24) is 5.32 Å². The van der Waals surface area contributed by atoms with E-state index in [1.807, 2.05) is 6.92 Å². The van der Waals surface area contributed by atoms with Gasteiger partial charge in [-0.25, -0.2) is 0 Å². The van der Waals surface area contributed by atoms with E-state index in [0.29, 0.717) is 6.42 Å². The van der Waals surface area contributed by atoms with Crippen LogP contribution in [0.4, 0.5) is 0 Å². The molecular formula is C10H22ClNO4. The Morgan fingerprint density at radius 3 is 2.44 bits per heavy atom. The number of β-amino-alcohol motifs (C(OH)–C–C–N with tert-alkyl or cyclic N) is 1. The Kier molecular flexibility index (Phi) is 6.77. The summed E-state index contributed by atoms with van der Waals surface area (Å²) in [4.78, 5) is 0. The average molecular weight is 256 g/mol. The Morgan fingerprint density at radius 1 is 1.31 bits per heavy atom. The molecule has 1 aliphatic rings. The van der Waals surface area contributed by atoms with Gasteiger partial charge in [0.15, 0.2) is 0 Å². The second-order valence-electron chi connectivity index (χ2n) is 4.30. The van der Waals surface area contributed by atoms with Crippen LogP contribution in [-0.2, 0) is 0 Å². The second-order valence-corrected chi connectivity index (χ2v) is 4.30. The van der Waals surface area contributed by atoms with Crippen molar-refractivity contribution in [2.45, 2.75) is 50.0 Å². The highest BCUT2D eigenvalue weighted by atomic mass is 35.5. The van der Waals surface area contributed by atoms with Gasteiger partial charge in [-0.2, -0.15) is 0 Å². The molecule has 4 atom stereocenters. The molecule has 6 heteroatoms. The van der Waals surface area contributed by atoms with Crippen molar-refractivity contribution in [2.24, 2.45) is 0 Å². The van der Waals surface area contributed by atoms with Crippen LogP contribution in [0.3, 0.4) is 0 Å². The molecule has 1 rings (SSSR count). The topological polar surface area (TPSA) is 93.0 Å². The van der Waals surface area contributed by atoms with Crippen LogP contribution in [0.5, 0.6) is 0 Å². The number of hydrogen-bond acceptors (Lipinski definition) is 5. The van der Waals surface area contributed by atoms with E-state index < -0.39 is 23.9 Å². The fourth-order valence-electron chi connectivity index (χ4n) is 2.03. The van der Waals surface area contributed by atoms with E-state index in [1.165, 1.54) is 0 Å². The molecule has 0 saturated carbocycles. The number of unbranched alkanes of at least 4 members (excludes halogenated alkanes) is 1. The predicted molar refractivity (Wildman–Crippen MR) is 62.6 cm³/mol. The van der Waals surface area contributed by atoms with Crippen LogP contribution in [-0.4, -0.2) is 57.4 Å². The van der Waals surface area contributed by atoms with E-state index in [1.54, 1.807) is 0 Å². The number of halogens is 1. The molecule has 98 valence electrons. The fourth-order valence-corrected chi connectivity index (χ4v) is 2.03. The highest BCUT2D eigenvalue weighted by Crippen LogP contribution is 2.25. The molecule has 1 aliphatic heterocycles. The summed E-state index contributed by atoms with van der Waals surface area (Å²) in [6.45, 7) is 1.98. The lowest BCUT2D eigenvalue weighted by Crippen LogP contribution is -2.69. The van der Waals surface area contributed by atoms with E-state index in [2.05, 4.69) is 5.32 Å². The van der Waals surface area contributed by atoms with Crippen LogP contribution in [0, 0.1) is 0 Å². The van der Waals surface area contributed by atoms with Crippen molar-refractivity contribution >= 4 is 12.4 Å². The average Bonchev–Trinajstić information content (AvgIpc) is 2.26. The lowest BCUT2D eigenvalue weighted by atomic mass is 9.80. The van der Waals surface area contributed by atoms with Crippen LogP contribution in [0.25, 0.3) is 0 Å². The molecule has 0 aromatic heterocycles. The molecule has 1 fully saturated rings. The Labute approximate surface area is 102 Å². The third-order valence-corrected chi connectivity index (χ3v) is 3.21. The van der Waals surface area contributed by atoms with Gasteiger partial charge in [-0.3, -0.25) is 0 Å². The maximum atomic E-state index is 9.85. The van der Waals surface area contributed by atoms with E-state index in [-0.39, 0.29) is 25.6 Å². The molecule has 0 aliphatic carbocycles. The molecular weight excluding hydrogens is 234 g/mol. The van der Waals surface area contributed by atoms with Crippen molar-refractivity contribution in [1.29, 1.82) is 0 Å². The van der Waals surface area contributed by atoms with Gasteiger partial charge in [0.1, 0.15) is 12.2 Å². The van der Waals surface area contributed by atoms with Gasteiger partial charge in [-0.05, 0) is 6.42 Å². The van der Waals surface area contributed by atoms with E-state index >= 15 is 0 Å². The van der Waals surface area contributed by atoms with Gasteiger partial charge in [0.2, 0.25) is 0 Å². The number of aliphatic hydroxyl groups is 4. The van der Waals surface area contributed by atoms with Gasteiger partial charge in [-0.15, -0.1) is 12.4 Å². The Morgan fingerprint density at radius 2 is 1.94 bits per heavy atom. The Hall–Kier alpha value is 0.0900. The smallest absolute Gasteiger partial charge is 0.109 e. The summed E-state index contributed by atoms with van der Waals surface area (Å²) in [5.74, 6) is 0. The van der Waals surface area contributed by atoms with Crippen LogP contribution < -0.4 is 5.32 Å². The molecule has 16 heavy (non-hydrogen) atoms. The first-order chi connectivity index (χ1) is 7.07. The number of piperidine rings is 1. The first-order valence-corrected chi connectivity index (χ1v) is 5.47. The van der Waals surface area contributed by atoms with Crippen molar-refractivity contribution in [2.75, 3.05) is 13.2 Å². The second kappa shape index (κ2) is 6.74. The molecule has 5 nitrogen and oxygen atoms in total. The molecule has 5 N–H and O–H groups in total. The molecule has 0 aromatic rings. The number of hydrogen-bond donors (Lipinski definition) is 5. The van der Waals surface area contributed by atoms with E-state index in [4.69, 9.17) is 0 Å². The summed E-state index contributed by atoms with van der Waals surface area (Å²) in [5, 5.41) is 41.0. The maximum Gasteiger partial charge on any atom is 0.109 e. The zero-order valence-electron chi connectivity index (χ0n) is 9.46. The number of rotatable bonds is 4. The van der Waals surface area contributed by atoms with Gasteiger partial charge in [0, 0.05) is 6.54 Å². The lowest BCUT2D eigenvalue weighted by Gasteiger charge is -2.45. The summed E-state index contributed by atoms with van der Waals surface area (Å²) in [6.07, 6.45) is -0.887. The summed E-state index contributed by atoms with van der Waals surface area (Å²) in [7, 11) is 0. The number of nitrogens with one attached hydrogen (secondary N) is 1. The normalized spacial score (nSPS) is 39.2. The molecule has 0 amide bonds. The first-order valence-electron chi connectivity index (χ1n) is 5.47. The maximum absolute atomic E-state index is 9.85. The third-order valence-electron chi connectivity index (χ3n) is 3.21. The molecule has 1 saturated heterocycles. The molecule has 0 radical (unpaired) electrons. The minimum atomic E-state index is -1.18. The fraction of sp³-hybridized carbons (Fsp3) is 1.00. The van der Waals surface area contributed by atoms with E-state index in [9.17, 15) is 20.4 Å². The van der Waals surface area contributed by atoms with Crippen molar-refractivity contribution < 1.29 is 20.4 Å². The monoisotopic (exact) mass is 255 g/mol. The number of aliphatic hydroxyl groups excluding tert-OH is 4. The van der Waals surface area contributed by atoms with Crippen molar-refractivity contribution in [3.8, 4) is 0 Å². The molecule has 0 unspecified atom stereocenters. The SMILES string of the molecule is CCCC[C@]1(CO)NC[C@H](O)[C@@H](O)[C@@H]1O.Cl. The Bertz CT molecular complexity index is 203. The van der Waals surface area contributed by atoms with E-state index in [0.717, 1.165) is 12.8 Å². The van der Waals surface area contributed by atoms with Crippen molar-refractivity contribution in [3.63, 3.8) is 0 Å². The zero-order chi connectivity index (χ0) is 11.5. The zero-order valence-corrected chi connectivity index (χ0v) is 10.3. The quantitative estimate of drug-likeness (QED) is 0.445. The van der Waals surface area contributed by atoms with Gasteiger partial charge in [0.25, 0.3) is 0 Å². The van der Waals surface area contributed by atoms with Gasteiger partial charge < -0.3 is 25.7 Å². The first kappa shape index (κ1) is 16.1. The van der Waals surface area contributed by atoms with Crippen LogP contribution in [0.15, 0.2) is 0 Å². The highest BCUT2D eigenvalue weighted by Gasteiger charge is 2.46. The molecule has 0 aromatic carbocycles. The lowest BCUT2D eigenvalue weighted by molar-refractivity contribution is -0.135. The Balaban J connectivity index is 0.00000225. The van der Waals surface area contributed by atoms with Crippen LogP contribution >= 0.6 is 12.4 Å². The van der Waals surface area contributed by atoms with Crippen LogP contribution in [0.2, 0.25) is 0 Å². The van der Waals surface area contributed by atoms with Gasteiger partial charge >= 0.3 is 0 Å². The minimum absolute atomic E-state index is 0. The summed E-state index contributed by atoms with van der Waals surface area (Å²) in [6, 6.07) is 0. The standard InChI is InChI=1S/C10H21NO4.ClH/c1-2-3-4-10(6-12)9(15)8(14)7(13)5-11-10;/h7-9,11-15H,2-6H2,1H3;1H/t7-,8+,9-,10+;/m0./s1. The third kappa shape index (κ3) is 3.06. The predicted octanol–water partition coefficient (Wildman–Crippen LogP) is -0.985. The molecule has 0 spiro atoms. The van der Waals surface area contributed by atoms with Gasteiger partial charge in [0.05, 0.1) is 18.2 Å². The minimum Gasteiger partial charge on any atom is -0.394 e. The summed E-state index contributed by atoms with van der Waals surface area (Å²) in [5.41, 5.74) is -0.866. The largest absolute Gasteiger partial charge is 0.394 e.